The Balaban J connectivity index is 1.63. The third kappa shape index (κ3) is 4.16. The molecular formula is C28H24ClN3O2. The van der Waals surface area contributed by atoms with Crippen LogP contribution in [0, 0.1) is 0 Å². The molecule has 34 heavy (non-hydrogen) atoms. The van der Waals surface area contributed by atoms with E-state index >= 15 is 0 Å². The molecule has 0 bridgehead atoms. The lowest BCUT2D eigenvalue weighted by molar-refractivity contribution is 0.130. The number of hydrogen-bond donors (Lipinski definition) is 0. The van der Waals surface area contributed by atoms with E-state index in [0.29, 0.717) is 11.6 Å². The second-order valence-electron chi connectivity index (χ2n) is 8.29. The van der Waals surface area contributed by atoms with Crippen LogP contribution >= 0.6 is 11.6 Å². The lowest BCUT2D eigenvalue weighted by Gasteiger charge is -2.20. The molecule has 5 nitrogen and oxygen atoms in total. The fourth-order valence-electron chi connectivity index (χ4n) is 4.43. The molecule has 1 unspecified atom stereocenters. The van der Waals surface area contributed by atoms with Crippen LogP contribution in [-0.2, 0) is 18.3 Å². The molecule has 1 atom stereocenters. The lowest BCUT2D eigenvalue weighted by atomic mass is 9.97. The summed E-state index contributed by atoms with van der Waals surface area (Å²) in [6.07, 6.45) is 3.36. The van der Waals surface area contributed by atoms with Gasteiger partial charge in [-0.1, -0.05) is 60.1 Å². The summed E-state index contributed by atoms with van der Waals surface area (Å²) < 4.78 is 9.74. The van der Waals surface area contributed by atoms with Crippen LogP contribution < -0.4 is 5.56 Å². The van der Waals surface area contributed by atoms with Crippen LogP contribution in [0.5, 0.6) is 0 Å². The zero-order chi connectivity index (χ0) is 23.7. The molecule has 0 N–H and O–H groups in total. The molecule has 6 heteroatoms. The van der Waals surface area contributed by atoms with Gasteiger partial charge in [0.25, 0.3) is 5.56 Å². The number of aryl methyl sites for hydroxylation is 1. The number of hydrogen-bond acceptors (Lipinski definition) is 3. The molecule has 0 spiro atoms. The fraction of sp³-hybridized carbons (Fsp3) is 0.143. The maximum atomic E-state index is 12.7. The minimum absolute atomic E-state index is 0.0699. The number of ether oxygens (including phenoxy) is 1. The van der Waals surface area contributed by atoms with Gasteiger partial charge < -0.3 is 13.9 Å². The standard InChI is InChI=1S/C28H24ClN3O2/c1-31-25-12-11-21(14-24(25)23(15-27(31)33)20-9-6-10-22(29)13-20)28(34-2)26-16-30-18-32(26)17-19-7-4-3-5-8-19/h3-16,18,28H,17H2,1-2H3. The molecule has 0 aliphatic heterocycles. The van der Waals surface area contributed by atoms with Crippen molar-refractivity contribution in [2.75, 3.05) is 7.11 Å². The van der Waals surface area contributed by atoms with Gasteiger partial charge in [-0.15, -0.1) is 0 Å². The molecule has 0 radical (unpaired) electrons. The van der Waals surface area contributed by atoms with Crippen LogP contribution in [-0.4, -0.2) is 21.2 Å². The lowest BCUT2D eigenvalue weighted by Crippen LogP contribution is -2.17. The topological polar surface area (TPSA) is 49.1 Å². The van der Waals surface area contributed by atoms with E-state index in [4.69, 9.17) is 16.3 Å². The number of nitrogens with zero attached hydrogens (tertiary/aromatic N) is 3. The SMILES string of the molecule is COC(c1ccc2c(c1)c(-c1cccc(Cl)c1)cc(=O)n2C)c1cncn1Cc1ccccc1. The number of halogens is 1. The number of benzene rings is 3. The van der Waals surface area contributed by atoms with E-state index in [1.807, 2.05) is 67.1 Å². The van der Waals surface area contributed by atoms with E-state index in [-0.39, 0.29) is 11.7 Å². The Morgan fingerprint density at radius 3 is 2.59 bits per heavy atom. The minimum Gasteiger partial charge on any atom is -0.370 e. The van der Waals surface area contributed by atoms with Crippen LogP contribution in [0.1, 0.15) is 22.9 Å². The number of fused-ring (bicyclic) bond motifs is 1. The highest BCUT2D eigenvalue weighted by atomic mass is 35.5. The third-order valence-electron chi connectivity index (χ3n) is 6.15. The summed E-state index contributed by atoms with van der Waals surface area (Å²) in [5.41, 5.74) is 5.64. The van der Waals surface area contributed by atoms with Crippen LogP contribution in [0.25, 0.3) is 22.0 Å². The second-order valence-corrected chi connectivity index (χ2v) is 8.73. The first-order chi connectivity index (χ1) is 16.5. The summed E-state index contributed by atoms with van der Waals surface area (Å²) in [5, 5.41) is 1.58. The van der Waals surface area contributed by atoms with E-state index in [0.717, 1.165) is 33.3 Å². The van der Waals surface area contributed by atoms with Crippen molar-refractivity contribution < 1.29 is 4.74 Å². The largest absolute Gasteiger partial charge is 0.370 e. The minimum atomic E-state index is -0.319. The first kappa shape index (κ1) is 22.1. The van der Waals surface area contributed by atoms with E-state index < -0.39 is 0 Å². The Morgan fingerprint density at radius 2 is 1.82 bits per heavy atom. The third-order valence-corrected chi connectivity index (χ3v) is 6.39. The molecule has 5 rings (SSSR count). The predicted molar refractivity (Wildman–Crippen MR) is 136 cm³/mol. The van der Waals surface area contributed by atoms with Crippen molar-refractivity contribution in [3.05, 3.63) is 124 Å². The van der Waals surface area contributed by atoms with E-state index in [2.05, 4.69) is 27.8 Å². The highest BCUT2D eigenvalue weighted by Gasteiger charge is 2.20. The van der Waals surface area contributed by atoms with E-state index in [1.165, 1.54) is 5.56 Å². The number of pyridine rings is 1. The number of aromatic nitrogens is 3. The summed E-state index contributed by atoms with van der Waals surface area (Å²) in [6.45, 7) is 0.700. The average Bonchev–Trinajstić information content (AvgIpc) is 3.30. The summed E-state index contributed by atoms with van der Waals surface area (Å²) in [6, 6.07) is 25.6. The van der Waals surface area contributed by atoms with Gasteiger partial charge in [-0.05, 0) is 46.5 Å². The number of imidazole rings is 1. The van der Waals surface area contributed by atoms with Crippen LogP contribution in [0.3, 0.4) is 0 Å². The highest BCUT2D eigenvalue weighted by Crippen LogP contribution is 2.33. The molecule has 0 fully saturated rings. The zero-order valence-electron chi connectivity index (χ0n) is 19.0. The summed E-state index contributed by atoms with van der Waals surface area (Å²) in [4.78, 5) is 17.1. The molecule has 0 amide bonds. The van der Waals surface area contributed by atoms with Gasteiger partial charge in [-0.3, -0.25) is 4.79 Å². The van der Waals surface area contributed by atoms with Crippen LogP contribution in [0.2, 0.25) is 5.02 Å². The van der Waals surface area contributed by atoms with Gasteiger partial charge in [-0.2, -0.15) is 0 Å². The fourth-order valence-corrected chi connectivity index (χ4v) is 4.62. The second kappa shape index (κ2) is 9.29. The molecule has 3 aromatic carbocycles. The first-order valence-corrected chi connectivity index (χ1v) is 11.4. The quantitative estimate of drug-likeness (QED) is 0.314. The monoisotopic (exact) mass is 469 g/mol. The number of methoxy groups -OCH3 is 1. The Hall–Kier alpha value is -3.67. The van der Waals surface area contributed by atoms with Crippen molar-refractivity contribution in [3.8, 4) is 11.1 Å². The Morgan fingerprint density at radius 1 is 1.00 bits per heavy atom. The maximum absolute atomic E-state index is 12.7. The van der Waals surface area contributed by atoms with Gasteiger partial charge in [0.1, 0.15) is 6.10 Å². The van der Waals surface area contributed by atoms with Crippen molar-refractivity contribution >= 4 is 22.5 Å². The van der Waals surface area contributed by atoms with Crippen molar-refractivity contribution in [2.24, 2.45) is 7.05 Å². The van der Waals surface area contributed by atoms with Crippen molar-refractivity contribution in [3.63, 3.8) is 0 Å². The summed E-state index contributed by atoms with van der Waals surface area (Å²) in [5.74, 6) is 0. The van der Waals surface area contributed by atoms with Crippen molar-refractivity contribution in [1.82, 2.24) is 14.1 Å². The zero-order valence-corrected chi connectivity index (χ0v) is 19.7. The van der Waals surface area contributed by atoms with Gasteiger partial charge in [0, 0.05) is 37.2 Å². The molecule has 5 aromatic rings. The van der Waals surface area contributed by atoms with Crippen molar-refractivity contribution in [2.45, 2.75) is 12.6 Å². The molecular weight excluding hydrogens is 446 g/mol. The maximum Gasteiger partial charge on any atom is 0.251 e. The van der Waals surface area contributed by atoms with Gasteiger partial charge >= 0.3 is 0 Å². The number of rotatable bonds is 6. The van der Waals surface area contributed by atoms with Gasteiger partial charge in [0.2, 0.25) is 0 Å². The Labute approximate surface area is 202 Å². The van der Waals surface area contributed by atoms with Gasteiger partial charge in [0.15, 0.2) is 0 Å². The molecule has 2 heterocycles. The van der Waals surface area contributed by atoms with Crippen LogP contribution in [0.4, 0.5) is 0 Å². The molecule has 170 valence electrons. The summed E-state index contributed by atoms with van der Waals surface area (Å²) >= 11 is 6.26. The first-order valence-electron chi connectivity index (χ1n) is 11.0. The van der Waals surface area contributed by atoms with E-state index in [1.54, 1.807) is 24.8 Å². The van der Waals surface area contributed by atoms with Gasteiger partial charge in [-0.25, -0.2) is 4.98 Å². The van der Waals surface area contributed by atoms with Crippen molar-refractivity contribution in [1.29, 1.82) is 0 Å². The average molecular weight is 470 g/mol. The smallest absolute Gasteiger partial charge is 0.251 e. The molecule has 2 aromatic heterocycles. The van der Waals surface area contributed by atoms with Crippen LogP contribution in [0.15, 0.2) is 96.2 Å². The Bertz CT molecular complexity index is 1520. The van der Waals surface area contributed by atoms with E-state index in [9.17, 15) is 4.79 Å². The Kier molecular flexibility index (Phi) is 6.05. The summed E-state index contributed by atoms with van der Waals surface area (Å²) in [7, 11) is 3.49. The van der Waals surface area contributed by atoms with Gasteiger partial charge in [0.05, 0.1) is 23.7 Å². The molecule has 0 saturated carbocycles. The highest BCUT2D eigenvalue weighted by molar-refractivity contribution is 6.30. The molecule has 0 saturated heterocycles. The molecule has 0 aliphatic rings. The normalized spacial score (nSPS) is 12.2. The predicted octanol–water partition coefficient (Wildman–Crippen LogP) is 5.84. The molecule has 0 aliphatic carbocycles.